The number of aryl methyl sites for hydroxylation is 1. The minimum Gasteiger partial charge on any atom is -0.354 e. The molecule has 2 aromatic heterocycles. The zero-order valence-electron chi connectivity index (χ0n) is 18.3. The Morgan fingerprint density at radius 3 is 1.52 bits per heavy atom. The Kier molecular flexibility index (Phi) is 3.80. The summed E-state index contributed by atoms with van der Waals surface area (Å²) >= 11 is 0. The van der Waals surface area contributed by atoms with Crippen LogP contribution in [0, 0.1) is 6.92 Å². The van der Waals surface area contributed by atoms with E-state index < -0.39 is 0 Å². The number of aromatic amines is 2. The highest BCUT2D eigenvalue weighted by molar-refractivity contribution is 6.32. The fraction of sp³-hybridized carbons (Fsp3) is 0.0323. The lowest BCUT2D eigenvalue weighted by atomic mass is 9.89. The highest BCUT2D eigenvalue weighted by atomic mass is 14.7. The summed E-state index contributed by atoms with van der Waals surface area (Å²) < 4.78 is 0. The summed E-state index contributed by atoms with van der Waals surface area (Å²) in [5.41, 5.74) is 10.9. The molecule has 7 aromatic rings. The first-order valence-electron chi connectivity index (χ1n) is 11.4. The molecule has 0 fully saturated rings. The van der Waals surface area contributed by atoms with Crippen LogP contribution in [0.2, 0.25) is 0 Å². The van der Waals surface area contributed by atoms with Gasteiger partial charge in [-0.25, -0.2) is 0 Å². The fourth-order valence-electron chi connectivity index (χ4n) is 5.33. The molecule has 0 saturated heterocycles. The first kappa shape index (κ1) is 18.3. The van der Waals surface area contributed by atoms with Crippen LogP contribution in [0.4, 0.5) is 0 Å². The lowest BCUT2D eigenvalue weighted by molar-refractivity contribution is 1.46. The Hall–Kier alpha value is -4.30. The van der Waals surface area contributed by atoms with Crippen molar-refractivity contribution in [3.63, 3.8) is 0 Å². The zero-order chi connectivity index (χ0) is 21.9. The Labute approximate surface area is 191 Å². The number of benzene rings is 5. The van der Waals surface area contributed by atoms with Crippen LogP contribution in [0.15, 0.2) is 103 Å². The van der Waals surface area contributed by atoms with E-state index in [1.807, 2.05) is 0 Å². The molecule has 0 spiro atoms. The monoisotopic (exact) mass is 422 g/mol. The number of hydrogen-bond acceptors (Lipinski definition) is 0. The summed E-state index contributed by atoms with van der Waals surface area (Å²) in [6.45, 7) is 2.14. The molecule has 0 aliphatic rings. The van der Waals surface area contributed by atoms with Gasteiger partial charge in [0.15, 0.2) is 0 Å². The van der Waals surface area contributed by atoms with Crippen LogP contribution < -0.4 is 0 Å². The number of fused-ring (bicyclic) bond motifs is 6. The molecular formula is C31H22N2. The van der Waals surface area contributed by atoms with Gasteiger partial charge >= 0.3 is 0 Å². The van der Waals surface area contributed by atoms with Gasteiger partial charge in [-0.15, -0.1) is 0 Å². The molecule has 0 aliphatic carbocycles. The average molecular weight is 423 g/mol. The smallest absolute Gasteiger partial charge is 0.0572 e. The van der Waals surface area contributed by atoms with Crippen LogP contribution in [-0.4, -0.2) is 9.97 Å². The maximum absolute atomic E-state index is 3.79. The van der Waals surface area contributed by atoms with E-state index in [-0.39, 0.29) is 0 Å². The Balaban J connectivity index is 1.81. The summed E-state index contributed by atoms with van der Waals surface area (Å²) in [7, 11) is 0. The molecule has 0 radical (unpaired) electrons. The van der Waals surface area contributed by atoms with Crippen LogP contribution >= 0.6 is 0 Å². The second kappa shape index (κ2) is 6.85. The molecule has 2 nitrogen and oxygen atoms in total. The second-order valence-corrected chi connectivity index (χ2v) is 8.82. The van der Waals surface area contributed by atoms with Gasteiger partial charge in [0.2, 0.25) is 0 Å². The van der Waals surface area contributed by atoms with Crippen molar-refractivity contribution in [2.75, 3.05) is 0 Å². The van der Waals surface area contributed by atoms with Crippen molar-refractivity contribution in [2.24, 2.45) is 0 Å². The van der Waals surface area contributed by atoms with E-state index in [0.29, 0.717) is 0 Å². The Morgan fingerprint density at radius 2 is 0.939 bits per heavy atom. The van der Waals surface area contributed by atoms with Crippen LogP contribution in [0.25, 0.3) is 65.9 Å². The number of aromatic nitrogens is 2. The molecule has 7 rings (SSSR count). The van der Waals surface area contributed by atoms with Crippen LogP contribution in [0.5, 0.6) is 0 Å². The first-order valence-corrected chi connectivity index (χ1v) is 11.4. The largest absolute Gasteiger partial charge is 0.354 e. The van der Waals surface area contributed by atoms with E-state index in [2.05, 4.69) is 120 Å². The van der Waals surface area contributed by atoms with Crippen LogP contribution in [-0.2, 0) is 0 Å². The van der Waals surface area contributed by atoms with Crippen molar-refractivity contribution >= 4 is 43.6 Å². The van der Waals surface area contributed by atoms with Gasteiger partial charge in [-0.3, -0.25) is 0 Å². The maximum Gasteiger partial charge on any atom is 0.0572 e. The standard InChI is InChI=1S/C31H22N2/c1-19-15-17-21(18-16-19)27-30-28(22-11-5-7-13-24(22)32-30)26(20-9-3-2-4-10-20)29-23-12-6-8-14-25(23)33-31(27)29/h2-18,32-33H,1H3. The first-order chi connectivity index (χ1) is 16.3. The van der Waals surface area contributed by atoms with Gasteiger partial charge in [0.25, 0.3) is 0 Å². The Morgan fingerprint density at radius 1 is 0.455 bits per heavy atom. The summed E-state index contributed by atoms with van der Waals surface area (Å²) in [6, 6.07) is 37.0. The third-order valence-corrected chi connectivity index (χ3v) is 6.81. The minimum absolute atomic E-state index is 1.16. The van der Waals surface area contributed by atoms with Crippen molar-refractivity contribution in [1.82, 2.24) is 9.97 Å². The maximum atomic E-state index is 3.79. The van der Waals surface area contributed by atoms with Gasteiger partial charge in [0.1, 0.15) is 0 Å². The van der Waals surface area contributed by atoms with E-state index in [9.17, 15) is 0 Å². The lowest BCUT2D eigenvalue weighted by Gasteiger charge is -2.13. The zero-order valence-corrected chi connectivity index (χ0v) is 18.3. The molecule has 2 heteroatoms. The summed E-state index contributed by atoms with van der Waals surface area (Å²) in [6.07, 6.45) is 0. The minimum atomic E-state index is 1.16. The van der Waals surface area contributed by atoms with E-state index in [1.165, 1.54) is 60.4 Å². The lowest BCUT2D eigenvalue weighted by Crippen LogP contribution is -1.89. The summed E-state index contributed by atoms with van der Waals surface area (Å²) in [4.78, 5) is 7.57. The highest BCUT2D eigenvalue weighted by Crippen LogP contribution is 2.48. The molecule has 0 atom stereocenters. The Bertz CT molecular complexity index is 1710. The van der Waals surface area contributed by atoms with Crippen molar-refractivity contribution in [1.29, 1.82) is 0 Å². The molecule has 2 N–H and O–H groups in total. The molecule has 33 heavy (non-hydrogen) atoms. The summed E-state index contributed by atoms with van der Waals surface area (Å²) in [5.74, 6) is 0. The van der Waals surface area contributed by atoms with Crippen molar-refractivity contribution < 1.29 is 0 Å². The fourth-order valence-corrected chi connectivity index (χ4v) is 5.33. The normalized spacial score (nSPS) is 11.8. The van der Waals surface area contributed by atoms with Gasteiger partial charge in [-0.2, -0.15) is 0 Å². The molecular weight excluding hydrogens is 400 g/mol. The number of nitrogens with one attached hydrogen (secondary N) is 2. The van der Waals surface area contributed by atoms with E-state index in [1.54, 1.807) is 0 Å². The topological polar surface area (TPSA) is 31.6 Å². The number of rotatable bonds is 2. The predicted molar refractivity (Wildman–Crippen MR) is 141 cm³/mol. The van der Waals surface area contributed by atoms with Crippen molar-refractivity contribution in [3.8, 4) is 22.3 Å². The number of H-pyrrole nitrogens is 2. The van der Waals surface area contributed by atoms with E-state index >= 15 is 0 Å². The number of para-hydroxylation sites is 2. The number of hydrogen-bond donors (Lipinski definition) is 2. The molecule has 2 heterocycles. The predicted octanol–water partition coefficient (Wildman–Crippen LogP) is 8.60. The van der Waals surface area contributed by atoms with E-state index in [0.717, 1.165) is 11.0 Å². The third-order valence-electron chi connectivity index (χ3n) is 6.81. The van der Waals surface area contributed by atoms with Crippen molar-refractivity contribution in [2.45, 2.75) is 6.92 Å². The van der Waals surface area contributed by atoms with Crippen molar-refractivity contribution in [3.05, 3.63) is 109 Å². The molecule has 0 saturated carbocycles. The molecule has 0 aliphatic heterocycles. The average Bonchev–Trinajstić information content (AvgIpc) is 3.43. The molecule has 5 aromatic carbocycles. The molecule has 0 unspecified atom stereocenters. The van der Waals surface area contributed by atoms with Crippen LogP contribution in [0.1, 0.15) is 5.56 Å². The second-order valence-electron chi connectivity index (χ2n) is 8.82. The van der Waals surface area contributed by atoms with Gasteiger partial charge in [-0.05, 0) is 30.2 Å². The molecule has 0 bridgehead atoms. The van der Waals surface area contributed by atoms with Gasteiger partial charge < -0.3 is 9.97 Å². The third kappa shape index (κ3) is 2.61. The molecule has 156 valence electrons. The van der Waals surface area contributed by atoms with Crippen LogP contribution in [0.3, 0.4) is 0 Å². The van der Waals surface area contributed by atoms with E-state index in [4.69, 9.17) is 0 Å². The van der Waals surface area contributed by atoms with Gasteiger partial charge in [-0.1, -0.05) is 96.6 Å². The summed E-state index contributed by atoms with van der Waals surface area (Å²) in [5, 5.41) is 5.08. The highest BCUT2D eigenvalue weighted by Gasteiger charge is 2.23. The van der Waals surface area contributed by atoms with Gasteiger partial charge in [0, 0.05) is 43.7 Å². The molecule has 0 amide bonds. The quantitative estimate of drug-likeness (QED) is 0.279. The SMILES string of the molecule is Cc1ccc(-c2c3[nH]c4ccccc4c3c(-c3ccccc3)c3c2[nH]c2ccccc23)cc1. The van der Waals surface area contributed by atoms with Gasteiger partial charge in [0.05, 0.1) is 11.0 Å².